The molecule has 2 saturated carbocycles. The van der Waals surface area contributed by atoms with Gasteiger partial charge in [-0.3, -0.25) is 4.79 Å². The number of methoxy groups -OCH3 is 2. The monoisotopic (exact) mass is 694 g/mol. The van der Waals surface area contributed by atoms with E-state index in [0.717, 1.165) is 43.9 Å². The van der Waals surface area contributed by atoms with E-state index in [2.05, 4.69) is 23.9 Å². The summed E-state index contributed by atoms with van der Waals surface area (Å²) in [5.41, 5.74) is -1.75. The number of alkyl halides is 3. The summed E-state index contributed by atoms with van der Waals surface area (Å²) in [6.45, 7) is 3.13. The zero-order valence-electron chi connectivity index (χ0n) is 28.5. The van der Waals surface area contributed by atoms with Crippen LogP contribution in [0.4, 0.5) is 28.9 Å². The van der Waals surface area contributed by atoms with E-state index in [1.54, 1.807) is 0 Å². The molecule has 1 aromatic heterocycles. The van der Waals surface area contributed by atoms with Crippen LogP contribution in [0.2, 0.25) is 0 Å². The molecule has 1 amide bonds. The number of hydrogen-bond acceptors (Lipinski definition) is 8. The van der Waals surface area contributed by atoms with Crippen molar-refractivity contribution in [3.63, 3.8) is 0 Å². The van der Waals surface area contributed by atoms with Gasteiger partial charge in [-0.15, -0.1) is 0 Å². The molecule has 10 nitrogen and oxygen atoms in total. The van der Waals surface area contributed by atoms with Crippen molar-refractivity contribution >= 4 is 23.3 Å². The van der Waals surface area contributed by atoms with Crippen LogP contribution < -0.4 is 14.5 Å². The normalized spacial score (nSPS) is 20.6. The van der Waals surface area contributed by atoms with Crippen LogP contribution in [-0.2, 0) is 20.4 Å². The van der Waals surface area contributed by atoms with Gasteiger partial charge in [0.25, 0.3) is 0 Å². The number of rotatable bonds is 13. The van der Waals surface area contributed by atoms with E-state index < -0.39 is 58.6 Å². The predicted molar refractivity (Wildman–Crippen MR) is 175 cm³/mol. The minimum absolute atomic E-state index is 0.0399. The summed E-state index contributed by atoms with van der Waals surface area (Å²) >= 11 is 0. The Hall–Kier alpha value is -3.49. The van der Waals surface area contributed by atoms with Crippen molar-refractivity contribution in [2.45, 2.75) is 82.6 Å². The van der Waals surface area contributed by atoms with Crippen molar-refractivity contribution in [2.75, 3.05) is 57.4 Å². The van der Waals surface area contributed by atoms with E-state index >= 15 is 4.39 Å². The molecule has 2 aliphatic carbocycles. The molecule has 0 radical (unpaired) electrons. The molecule has 1 aliphatic heterocycles. The third-order valence-corrected chi connectivity index (χ3v) is 10.1. The molecule has 0 unspecified atom stereocenters. The summed E-state index contributed by atoms with van der Waals surface area (Å²) < 4.78 is 75.0. The number of carboxylic acids is 1. The number of carbonyl (C=O) groups excluding carboxylic acids is 1. The Labute approximate surface area is 284 Å². The molecule has 3 aliphatic rings. The fraction of sp³-hybridized carbons (Fsp3) is 0.629. The number of hydrogen-bond donors (Lipinski definition) is 1. The maximum atomic E-state index is 15.9. The number of carbonyl (C=O) groups is 2. The van der Waals surface area contributed by atoms with E-state index in [9.17, 15) is 27.9 Å². The number of benzene rings is 1. The van der Waals surface area contributed by atoms with Crippen LogP contribution >= 0.6 is 0 Å². The van der Waals surface area contributed by atoms with Crippen LogP contribution in [0.5, 0.6) is 11.6 Å². The Morgan fingerprint density at radius 1 is 0.980 bits per heavy atom. The molecule has 1 N–H and O–H groups in total. The Kier molecular flexibility index (Phi) is 11.7. The first kappa shape index (κ1) is 36.8. The molecule has 2 aromatic rings. The molecule has 2 heterocycles. The van der Waals surface area contributed by atoms with Gasteiger partial charge in [0.1, 0.15) is 5.56 Å². The second-order valence-electron chi connectivity index (χ2n) is 13.6. The van der Waals surface area contributed by atoms with E-state index in [4.69, 9.17) is 14.2 Å². The van der Waals surface area contributed by atoms with Gasteiger partial charge in [0.2, 0.25) is 11.8 Å². The van der Waals surface area contributed by atoms with E-state index in [1.165, 1.54) is 38.2 Å². The SMILES string of the molecule is COCC(COC)N(C(=O)C1CCC(C)CC1)c1cc(F)c(Oc2ncc(N3CCC(N(C)C4CC4)CC3)cc2C(F)(F)F)cc1C(=O)O. The first-order valence-corrected chi connectivity index (χ1v) is 16.9. The standard InChI is InChI=1S/C35H46F4N4O6/c1-21-5-7-22(8-6-21)33(44)43(26(19-47-3)20-48-4)30-17-29(36)31(16-27(30)34(45)46)49-32-28(35(37,38)39)15-25(18-40-32)42-13-11-24(12-14-42)41(2)23-9-10-23/h15-18,21-24,26H,5-14,19-20H2,1-4H3,(H,45,46). The highest BCUT2D eigenvalue weighted by Gasteiger charge is 2.39. The van der Waals surface area contributed by atoms with Crippen molar-refractivity contribution in [1.82, 2.24) is 9.88 Å². The van der Waals surface area contributed by atoms with E-state index in [-0.39, 0.29) is 24.6 Å². The molecule has 0 bridgehead atoms. The van der Waals surface area contributed by atoms with Gasteiger partial charge in [-0.2, -0.15) is 13.2 Å². The Morgan fingerprint density at radius 3 is 2.14 bits per heavy atom. The molecule has 1 aromatic carbocycles. The lowest BCUT2D eigenvalue weighted by atomic mass is 9.82. The highest BCUT2D eigenvalue weighted by Crippen LogP contribution is 2.42. The summed E-state index contributed by atoms with van der Waals surface area (Å²) in [5.74, 6) is -4.78. The number of anilines is 2. The number of aromatic nitrogens is 1. The molecule has 0 spiro atoms. The topological polar surface area (TPSA) is 105 Å². The third kappa shape index (κ3) is 8.64. The zero-order chi connectivity index (χ0) is 35.5. The number of pyridine rings is 1. The average molecular weight is 695 g/mol. The number of piperidine rings is 1. The number of amides is 1. The summed E-state index contributed by atoms with van der Waals surface area (Å²) in [7, 11) is 4.92. The van der Waals surface area contributed by atoms with Gasteiger partial charge in [0, 0.05) is 57.4 Å². The van der Waals surface area contributed by atoms with E-state index in [1.807, 2.05) is 4.90 Å². The number of carboxylic acid groups (broad SMARTS) is 1. The fourth-order valence-corrected chi connectivity index (χ4v) is 7.09. The highest BCUT2D eigenvalue weighted by atomic mass is 19.4. The maximum Gasteiger partial charge on any atom is 0.421 e. The van der Waals surface area contributed by atoms with Crippen molar-refractivity contribution in [3.8, 4) is 11.6 Å². The molecule has 1 saturated heterocycles. The first-order valence-electron chi connectivity index (χ1n) is 16.9. The summed E-state index contributed by atoms with van der Waals surface area (Å²) in [5, 5.41) is 10.2. The second-order valence-corrected chi connectivity index (χ2v) is 13.6. The Bertz CT molecular complexity index is 1470. The van der Waals surface area contributed by atoms with Crippen LogP contribution in [0.25, 0.3) is 0 Å². The van der Waals surface area contributed by atoms with Gasteiger partial charge in [-0.25, -0.2) is 14.2 Å². The largest absolute Gasteiger partial charge is 0.478 e. The lowest BCUT2D eigenvalue weighted by molar-refractivity contribution is -0.138. The maximum absolute atomic E-state index is 15.9. The smallest absolute Gasteiger partial charge is 0.421 e. The molecule has 0 atom stereocenters. The van der Waals surface area contributed by atoms with Gasteiger partial charge in [-0.05, 0) is 70.4 Å². The molecule has 270 valence electrons. The van der Waals surface area contributed by atoms with E-state index in [0.29, 0.717) is 43.9 Å². The van der Waals surface area contributed by atoms with Crippen LogP contribution in [0.3, 0.4) is 0 Å². The molecular formula is C35H46F4N4O6. The zero-order valence-corrected chi connectivity index (χ0v) is 28.5. The third-order valence-electron chi connectivity index (χ3n) is 10.1. The average Bonchev–Trinajstić information content (AvgIpc) is 3.92. The van der Waals surface area contributed by atoms with Crippen molar-refractivity contribution in [2.24, 2.45) is 11.8 Å². The quantitative estimate of drug-likeness (QED) is 0.232. The minimum atomic E-state index is -4.90. The van der Waals surface area contributed by atoms with Crippen LogP contribution in [0.1, 0.15) is 74.2 Å². The van der Waals surface area contributed by atoms with Gasteiger partial charge < -0.3 is 34.0 Å². The summed E-state index contributed by atoms with van der Waals surface area (Å²) in [6.07, 6.45) is 3.07. The second kappa shape index (κ2) is 15.6. The van der Waals surface area contributed by atoms with Gasteiger partial charge in [0.05, 0.1) is 42.4 Å². The van der Waals surface area contributed by atoms with Crippen molar-refractivity contribution < 1.29 is 46.5 Å². The predicted octanol–water partition coefficient (Wildman–Crippen LogP) is 6.61. The lowest BCUT2D eigenvalue weighted by Crippen LogP contribution is -2.49. The van der Waals surface area contributed by atoms with Gasteiger partial charge in [-0.1, -0.05) is 6.92 Å². The number of ether oxygens (including phenoxy) is 3. The first-order chi connectivity index (χ1) is 23.3. The molecule has 5 rings (SSSR count). The Morgan fingerprint density at radius 2 is 1.59 bits per heavy atom. The molecular weight excluding hydrogens is 648 g/mol. The fourth-order valence-electron chi connectivity index (χ4n) is 7.09. The van der Waals surface area contributed by atoms with Crippen molar-refractivity contribution in [1.29, 1.82) is 0 Å². The van der Waals surface area contributed by atoms with Crippen molar-refractivity contribution in [3.05, 3.63) is 41.3 Å². The van der Waals surface area contributed by atoms with Crippen LogP contribution in [0, 0.1) is 17.7 Å². The summed E-state index contributed by atoms with van der Waals surface area (Å²) in [6, 6.07) is 2.69. The molecule has 14 heteroatoms. The van der Waals surface area contributed by atoms with Gasteiger partial charge in [0.15, 0.2) is 11.6 Å². The van der Waals surface area contributed by atoms with Crippen LogP contribution in [-0.4, -0.2) is 92.6 Å². The number of halogens is 4. The molecule has 3 fully saturated rings. The highest BCUT2D eigenvalue weighted by molar-refractivity contribution is 6.03. The van der Waals surface area contributed by atoms with Crippen LogP contribution in [0.15, 0.2) is 24.4 Å². The van der Waals surface area contributed by atoms with Gasteiger partial charge >= 0.3 is 12.1 Å². The summed E-state index contributed by atoms with van der Waals surface area (Å²) in [4.78, 5) is 35.9. The minimum Gasteiger partial charge on any atom is -0.478 e. The molecule has 49 heavy (non-hydrogen) atoms. The Balaban J connectivity index is 1.45. The number of nitrogens with zero attached hydrogens (tertiary/aromatic N) is 4. The lowest BCUT2D eigenvalue weighted by Gasteiger charge is -2.38. The number of aromatic carboxylic acids is 1.